The Morgan fingerprint density at radius 2 is 2.07 bits per heavy atom. The van der Waals surface area contributed by atoms with Gasteiger partial charge in [-0.3, -0.25) is 4.79 Å². The average Bonchev–Trinajstić information content (AvgIpc) is 2.16. The van der Waals surface area contributed by atoms with E-state index in [1.165, 1.54) is 6.42 Å². The smallest absolute Gasteiger partial charge is 0.323 e. The highest BCUT2D eigenvalue weighted by Crippen LogP contribution is 2.26. The summed E-state index contributed by atoms with van der Waals surface area (Å²) in [6, 6.07) is -0.470. The molecule has 3 nitrogen and oxygen atoms in total. The predicted molar refractivity (Wildman–Crippen MR) is 60.3 cm³/mol. The number of ether oxygens (including phenoxy) is 1. The fraction of sp³-hybridized carbons (Fsp3) is 0.917. The van der Waals surface area contributed by atoms with Gasteiger partial charge in [-0.15, -0.1) is 0 Å². The zero-order chi connectivity index (χ0) is 11.4. The number of esters is 1. The van der Waals surface area contributed by atoms with Gasteiger partial charge >= 0.3 is 5.97 Å². The van der Waals surface area contributed by atoms with Crippen molar-refractivity contribution in [1.82, 2.24) is 0 Å². The van der Waals surface area contributed by atoms with Crippen molar-refractivity contribution < 1.29 is 9.53 Å². The van der Waals surface area contributed by atoms with Crippen molar-refractivity contribution in [3.05, 3.63) is 0 Å². The second-order valence-corrected chi connectivity index (χ2v) is 5.10. The number of carbonyl (C=O) groups excluding carboxylic acids is 1. The fourth-order valence-electron chi connectivity index (χ4n) is 2.00. The lowest BCUT2D eigenvalue weighted by molar-refractivity contribution is -0.153. The molecule has 0 aromatic rings. The minimum Gasteiger partial charge on any atom is -0.461 e. The third-order valence-electron chi connectivity index (χ3n) is 3.16. The molecule has 0 spiro atoms. The molecule has 0 saturated heterocycles. The highest BCUT2D eigenvalue weighted by atomic mass is 16.5. The van der Waals surface area contributed by atoms with Crippen molar-refractivity contribution in [1.29, 1.82) is 0 Å². The van der Waals surface area contributed by atoms with Crippen LogP contribution in [-0.2, 0) is 9.53 Å². The van der Waals surface area contributed by atoms with Crippen LogP contribution >= 0.6 is 0 Å². The fourth-order valence-corrected chi connectivity index (χ4v) is 2.00. The van der Waals surface area contributed by atoms with Gasteiger partial charge in [-0.25, -0.2) is 0 Å². The first-order chi connectivity index (χ1) is 7.00. The third-order valence-corrected chi connectivity index (χ3v) is 3.16. The molecule has 1 aliphatic carbocycles. The number of nitrogens with two attached hydrogens (primary N) is 1. The van der Waals surface area contributed by atoms with Crippen LogP contribution in [0, 0.1) is 11.8 Å². The Morgan fingerprint density at radius 1 is 1.40 bits per heavy atom. The minimum absolute atomic E-state index is 0.103. The molecule has 0 amide bonds. The topological polar surface area (TPSA) is 52.3 Å². The largest absolute Gasteiger partial charge is 0.461 e. The first kappa shape index (κ1) is 12.5. The number of hydrogen-bond acceptors (Lipinski definition) is 3. The Labute approximate surface area is 92.4 Å². The molecule has 3 atom stereocenters. The Hall–Kier alpha value is -0.570. The second-order valence-electron chi connectivity index (χ2n) is 5.10. The highest BCUT2D eigenvalue weighted by Gasteiger charge is 2.26. The Kier molecular flexibility index (Phi) is 4.58. The van der Waals surface area contributed by atoms with Gasteiger partial charge in [0, 0.05) is 0 Å². The predicted octanol–water partition coefficient (Wildman–Crippen LogP) is 2.09. The summed E-state index contributed by atoms with van der Waals surface area (Å²) in [4.78, 5) is 11.6. The lowest BCUT2D eigenvalue weighted by Gasteiger charge is -2.28. The van der Waals surface area contributed by atoms with E-state index in [9.17, 15) is 4.79 Å². The van der Waals surface area contributed by atoms with Crippen LogP contribution in [0.5, 0.6) is 0 Å². The highest BCUT2D eigenvalue weighted by molar-refractivity contribution is 5.75. The average molecular weight is 213 g/mol. The summed E-state index contributed by atoms with van der Waals surface area (Å²) in [5, 5.41) is 0. The van der Waals surface area contributed by atoms with Crippen molar-refractivity contribution in [3.63, 3.8) is 0 Å². The van der Waals surface area contributed by atoms with Gasteiger partial charge < -0.3 is 10.5 Å². The first-order valence-corrected chi connectivity index (χ1v) is 5.96. The zero-order valence-corrected chi connectivity index (χ0v) is 10.0. The van der Waals surface area contributed by atoms with E-state index in [-0.39, 0.29) is 18.0 Å². The van der Waals surface area contributed by atoms with Gasteiger partial charge in [-0.2, -0.15) is 0 Å². The lowest BCUT2D eigenvalue weighted by atomic mass is 9.88. The maximum atomic E-state index is 11.6. The van der Waals surface area contributed by atoms with Gasteiger partial charge in [0.05, 0.1) is 0 Å². The molecule has 15 heavy (non-hydrogen) atoms. The summed E-state index contributed by atoms with van der Waals surface area (Å²) < 4.78 is 5.42. The van der Waals surface area contributed by atoms with Gasteiger partial charge in [0.2, 0.25) is 0 Å². The molecule has 0 heterocycles. The molecule has 2 N–H and O–H groups in total. The molecule has 2 unspecified atom stereocenters. The quantitative estimate of drug-likeness (QED) is 0.730. The van der Waals surface area contributed by atoms with Crippen LogP contribution < -0.4 is 5.73 Å². The van der Waals surface area contributed by atoms with Crippen molar-refractivity contribution in [2.24, 2.45) is 17.6 Å². The van der Waals surface area contributed by atoms with Crippen molar-refractivity contribution >= 4 is 5.97 Å². The van der Waals surface area contributed by atoms with Gasteiger partial charge in [-0.05, 0) is 31.1 Å². The summed E-state index contributed by atoms with van der Waals surface area (Å²) in [6.07, 6.45) is 4.52. The Morgan fingerprint density at radius 3 is 2.60 bits per heavy atom. The third kappa shape index (κ3) is 3.82. The maximum Gasteiger partial charge on any atom is 0.323 e. The van der Waals surface area contributed by atoms with Crippen molar-refractivity contribution in [3.8, 4) is 0 Å². The van der Waals surface area contributed by atoms with Crippen LogP contribution in [0.1, 0.15) is 46.5 Å². The van der Waals surface area contributed by atoms with Crippen molar-refractivity contribution in [2.45, 2.75) is 58.6 Å². The number of rotatable bonds is 3. The van der Waals surface area contributed by atoms with Crippen LogP contribution in [0.15, 0.2) is 0 Å². The van der Waals surface area contributed by atoms with Crippen LogP contribution in [0.3, 0.4) is 0 Å². The summed E-state index contributed by atoms with van der Waals surface area (Å²) in [5.41, 5.74) is 5.74. The normalized spacial score (nSPS) is 28.9. The summed E-state index contributed by atoms with van der Waals surface area (Å²) in [5.74, 6) is 0.592. The molecule has 0 radical (unpaired) electrons. The van der Waals surface area contributed by atoms with Crippen LogP contribution in [0.2, 0.25) is 0 Å². The molecule has 1 fully saturated rings. The van der Waals surface area contributed by atoms with E-state index in [0.29, 0.717) is 5.92 Å². The SMILES string of the molecule is CC1CCCC(OC(=O)[C@H](N)C(C)C)C1. The molecule has 1 aliphatic rings. The monoisotopic (exact) mass is 213 g/mol. The molecule has 0 aromatic carbocycles. The Balaban J connectivity index is 2.37. The van der Waals surface area contributed by atoms with Gasteiger partial charge in [-0.1, -0.05) is 27.2 Å². The zero-order valence-electron chi connectivity index (χ0n) is 10.0. The lowest BCUT2D eigenvalue weighted by Crippen LogP contribution is -2.39. The summed E-state index contributed by atoms with van der Waals surface area (Å²) in [7, 11) is 0. The number of hydrogen-bond donors (Lipinski definition) is 1. The van der Waals surface area contributed by atoms with E-state index >= 15 is 0 Å². The Bertz CT molecular complexity index is 216. The second kappa shape index (κ2) is 5.50. The molecular weight excluding hydrogens is 190 g/mol. The molecule has 0 aromatic heterocycles. The van der Waals surface area contributed by atoms with E-state index in [1.807, 2.05) is 13.8 Å². The molecule has 3 heteroatoms. The van der Waals surface area contributed by atoms with Gasteiger partial charge in [0.1, 0.15) is 12.1 Å². The van der Waals surface area contributed by atoms with E-state index < -0.39 is 6.04 Å². The van der Waals surface area contributed by atoms with Crippen LogP contribution in [0.25, 0.3) is 0 Å². The van der Waals surface area contributed by atoms with Gasteiger partial charge in [0.25, 0.3) is 0 Å². The summed E-state index contributed by atoms with van der Waals surface area (Å²) >= 11 is 0. The van der Waals surface area contributed by atoms with Crippen molar-refractivity contribution in [2.75, 3.05) is 0 Å². The standard InChI is InChI=1S/C12H23NO2/c1-8(2)11(13)12(14)15-10-6-4-5-9(3)7-10/h8-11H,4-7,13H2,1-3H3/t9?,10?,11-/m1/s1. The van der Waals surface area contributed by atoms with E-state index in [4.69, 9.17) is 10.5 Å². The molecule has 1 saturated carbocycles. The van der Waals surface area contributed by atoms with E-state index in [0.717, 1.165) is 19.3 Å². The number of carbonyl (C=O) groups is 1. The molecule has 0 bridgehead atoms. The molecule has 1 rings (SSSR count). The molecule has 88 valence electrons. The maximum absolute atomic E-state index is 11.6. The minimum atomic E-state index is -0.470. The van der Waals surface area contributed by atoms with Crippen LogP contribution in [0.4, 0.5) is 0 Å². The van der Waals surface area contributed by atoms with E-state index in [1.54, 1.807) is 0 Å². The molecule has 0 aliphatic heterocycles. The van der Waals surface area contributed by atoms with Crippen LogP contribution in [-0.4, -0.2) is 18.1 Å². The van der Waals surface area contributed by atoms with Gasteiger partial charge in [0.15, 0.2) is 0 Å². The summed E-state index contributed by atoms with van der Waals surface area (Å²) in [6.45, 7) is 6.09. The molecular formula is C12H23NO2. The first-order valence-electron chi connectivity index (χ1n) is 5.96. The van der Waals surface area contributed by atoms with E-state index in [2.05, 4.69) is 6.92 Å².